The van der Waals surface area contributed by atoms with E-state index in [9.17, 15) is 14.4 Å². The summed E-state index contributed by atoms with van der Waals surface area (Å²) in [5.74, 6) is -0.108. The lowest BCUT2D eigenvalue weighted by molar-refractivity contribution is -0.145. The quantitative estimate of drug-likeness (QED) is 0.553. The molecule has 1 N–H and O–H groups in total. The Bertz CT molecular complexity index is 565. The molecule has 0 bridgehead atoms. The van der Waals surface area contributed by atoms with E-state index in [1.165, 1.54) is 7.11 Å². The fourth-order valence-corrected chi connectivity index (χ4v) is 2.15. The fraction of sp³-hybridized carbons (Fsp3) is 0.500. The maximum Gasteiger partial charge on any atom is 0.328 e. The highest BCUT2D eigenvalue weighted by atomic mass is 16.5. The topological polar surface area (TPSA) is 81.7 Å². The maximum absolute atomic E-state index is 12.0. The van der Waals surface area contributed by atoms with E-state index in [2.05, 4.69) is 5.32 Å². The first-order chi connectivity index (χ1) is 11.4. The van der Waals surface area contributed by atoms with Gasteiger partial charge < -0.3 is 14.8 Å². The van der Waals surface area contributed by atoms with Gasteiger partial charge in [-0.05, 0) is 36.6 Å². The first-order valence-electron chi connectivity index (χ1n) is 8.00. The van der Waals surface area contributed by atoms with Crippen LogP contribution >= 0.6 is 0 Å². The van der Waals surface area contributed by atoms with Gasteiger partial charge in [-0.2, -0.15) is 0 Å². The second kappa shape index (κ2) is 9.70. The summed E-state index contributed by atoms with van der Waals surface area (Å²) in [5.41, 5.74) is 0.608. The number of nitrogens with one attached hydrogen (secondary N) is 1. The molecular weight excluding hydrogens is 310 g/mol. The average molecular weight is 335 g/mol. The van der Waals surface area contributed by atoms with Crippen molar-refractivity contribution in [1.82, 2.24) is 5.32 Å². The molecule has 24 heavy (non-hydrogen) atoms. The van der Waals surface area contributed by atoms with Gasteiger partial charge in [0.05, 0.1) is 7.11 Å². The van der Waals surface area contributed by atoms with E-state index in [0.29, 0.717) is 24.2 Å². The molecule has 0 aromatic heterocycles. The highest BCUT2D eigenvalue weighted by Crippen LogP contribution is 2.13. The maximum atomic E-state index is 12.0. The minimum absolute atomic E-state index is 0.0499. The van der Waals surface area contributed by atoms with Crippen LogP contribution in [0.15, 0.2) is 24.3 Å². The number of Topliss-reactive ketones (excluding diaryl/α,β-unsaturated/α-hetero) is 1. The summed E-state index contributed by atoms with van der Waals surface area (Å²) in [5, 5.41) is 2.62. The Morgan fingerprint density at radius 3 is 2.25 bits per heavy atom. The summed E-state index contributed by atoms with van der Waals surface area (Å²) in [6.07, 6.45) is 0.930. The van der Waals surface area contributed by atoms with Gasteiger partial charge in [0, 0.05) is 12.0 Å². The van der Waals surface area contributed by atoms with Crippen LogP contribution in [0.25, 0.3) is 0 Å². The van der Waals surface area contributed by atoms with Crippen molar-refractivity contribution in [2.45, 2.75) is 39.7 Å². The highest BCUT2D eigenvalue weighted by molar-refractivity contribution is 5.95. The lowest BCUT2D eigenvalue weighted by Gasteiger charge is -2.18. The molecule has 1 atom stereocenters. The second-order valence-electron chi connectivity index (χ2n) is 5.86. The summed E-state index contributed by atoms with van der Waals surface area (Å²) < 4.78 is 10.1. The zero-order valence-electron chi connectivity index (χ0n) is 14.6. The minimum Gasteiger partial charge on any atom is -0.484 e. The molecule has 6 nitrogen and oxygen atoms in total. The molecule has 0 saturated carbocycles. The molecule has 0 aliphatic rings. The van der Waals surface area contributed by atoms with Crippen LogP contribution in [-0.2, 0) is 14.3 Å². The van der Waals surface area contributed by atoms with Crippen LogP contribution in [-0.4, -0.2) is 37.4 Å². The van der Waals surface area contributed by atoms with Crippen LogP contribution in [0.2, 0.25) is 0 Å². The summed E-state index contributed by atoms with van der Waals surface area (Å²) >= 11 is 0. The molecule has 1 rings (SSSR count). The Kier molecular flexibility index (Phi) is 7.95. The molecule has 1 aromatic rings. The van der Waals surface area contributed by atoms with Crippen molar-refractivity contribution < 1.29 is 23.9 Å². The van der Waals surface area contributed by atoms with Gasteiger partial charge in [-0.1, -0.05) is 20.8 Å². The molecule has 6 heteroatoms. The van der Waals surface area contributed by atoms with E-state index in [1.54, 1.807) is 31.2 Å². The van der Waals surface area contributed by atoms with E-state index in [-0.39, 0.29) is 18.3 Å². The van der Waals surface area contributed by atoms with Gasteiger partial charge in [0.15, 0.2) is 12.4 Å². The summed E-state index contributed by atoms with van der Waals surface area (Å²) in [6, 6.07) is 5.92. The number of rotatable bonds is 9. The lowest BCUT2D eigenvalue weighted by atomic mass is 10.0. The predicted molar refractivity (Wildman–Crippen MR) is 90.0 cm³/mol. The molecule has 0 saturated heterocycles. The number of amides is 1. The van der Waals surface area contributed by atoms with E-state index in [4.69, 9.17) is 9.47 Å². The van der Waals surface area contributed by atoms with Gasteiger partial charge in [0.2, 0.25) is 0 Å². The van der Waals surface area contributed by atoms with Crippen LogP contribution < -0.4 is 10.1 Å². The highest BCUT2D eigenvalue weighted by Gasteiger charge is 2.22. The van der Waals surface area contributed by atoms with Crippen LogP contribution in [0.1, 0.15) is 44.0 Å². The molecule has 132 valence electrons. The minimum atomic E-state index is -0.685. The Morgan fingerprint density at radius 2 is 1.75 bits per heavy atom. The first-order valence-corrected chi connectivity index (χ1v) is 8.00. The number of carbonyl (C=O) groups is 3. The largest absolute Gasteiger partial charge is 0.484 e. The SMILES string of the molecule is CCC(=O)c1ccc(OCC(=O)N[C@H](CC(C)C)C(=O)OC)cc1. The van der Waals surface area contributed by atoms with E-state index in [0.717, 1.165) is 0 Å². The Balaban J connectivity index is 2.55. The number of hydrogen-bond acceptors (Lipinski definition) is 5. The van der Waals surface area contributed by atoms with Crippen molar-refractivity contribution in [3.05, 3.63) is 29.8 Å². The third-order valence-corrected chi connectivity index (χ3v) is 3.40. The number of esters is 1. The van der Waals surface area contributed by atoms with Crippen molar-refractivity contribution in [3.8, 4) is 5.75 Å². The van der Waals surface area contributed by atoms with E-state index in [1.807, 2.05) is 13.8 Å². The zero-order chi connectivity index (χ0) is 18.1. The summed E-state index contributed by atoms with van der Waals surface area (Å²) in [4.78, 5) is 35.2. The van der Waals surface area contributed by atoms with E-state index < -0.39 is 17.9 Å². The van der Waals surface area contributed by atoms with Crippen molar-refractivity contribution in [1.29, 1.82) is 0 Å². The first kappa shape index (κ1) is 19.7. The van der Waals surface area contributed by atoms with Gasteiger partial charge in [0.25, 0.3) is 5.91 Å². The number of methoxy groups -OCH3 is 1. The van der Waals surface area contributed by atoms with Crippen LogP contribution in [0, 0.1) is 5.92 Å². The van der Waals surface area contributed by atoms with Crippen LogP contribution in [0.4, 0.5) is 0 Å². The molecule has 0 aliphatic heterocycles. The fourth-order valence-electron chi connectivity index (χ4n) is 2.15. The van der Waals surface area contributed by atoms with Gasteiger partial charge in [-0.3, -0.25) is 9.59 Å². The summed E-state index contributed by atoms with van der Waals surface area (Å²) in [7, 11) is 1.29. The van der Waals surface area contributed by atoms with Gasteiger partial charge in [-0.25, -0.2) is 4.79 Å². The number of carbonyl (C=O) groups excluding carboxylic acids is 3. The molecule has 0 fully saturated rings. The Labute approximate surface area is 142 Å². The average Bonchev–Trinajstić information content (AvgIpc) is 2.58. The van der Waals surface area contributed by atoms with Gasteiger partial charge >= 0.3 is 5.97 Å². The van der Waals surface area contributed by atoms with Crippen LogP contribution in [0.3, 0.4) is 0 Å². The van der Waals surface area contributed by atoms with E-state index >= 15 is 0 Å². The van der Waals surface area contributed by atoms with Crippen molar-refractivity contribution >= 4 is 17.7 Å². The number of ether oxygens (including phenoxy) is 2. The molecule has 1 amide bonds. The Morgan fingerprint density at radius 1 is 1.12 bits per heavy atom. The smallest absolute Gasteiger partial charge is 0.328 e. The standard InChI is InChI=1S/C18H25NO5/c1-5-16(20)13-6-8-14(9-7-13)24-11-17(21)19-15(10-12(2)3)18(22)23-4/h6-9,12,15H,5,10-11H2,1-4H3,(H,19,21)/t15-/m1/s1. The third kappa shape index (κ3) is 6.40. The third-order valence-electron chi connectivity index (χ3n) is 3.40. The molecule has 0 heterocycles. The lowest BCUT2D eigenvalue weighted by Crippen LogP contribution is -2.44. The zero-order valence-corrected chi connectivity index (χ0v) is 14.6. The molecule has 0 radical (unpaired) electrons. The normalized spacial score (nSPS) is 11.7. The molecule has 0 unspecified atom stereocenters. The monoisotopic (exact) mass is 335 g/mol. The number of hydrogen-bond donors (Lipinski definition) is 1. The Hall–Kier alpha value is -2.37. The number of benzene rings is 1. The second-order valence-corrected chi connectivity index (χ2v) is 5.86. The van der Waals surface area contributed by atoms with Crippen LogP contribution in [0.5, 0.6) is 5.75 Å². The van der Waals surface area contributed by atoms with Gasteiger partial charge in [-0.15, -0.1) is 0 Å². The summed E-state index contributed by atoms with van der Waals surface area (Å²) in [6.45, 7) is 5.49. The molecule has 0 aliphatic carbocycles. The number of ketones is 1. The molecule has 1 aromatic carbocycles. The van der Waals surface area contributed by atoms with Crippen molar-refractivity contribution in [2.75, 3.05) is 13.7 Å². The van der Waals surface area contributed by atoms with Crippen molar-refractivity contribution in [3.63, 3.8) is 0 Å². The predicted octanol–water partition coefficient (Wildman–Crippen LogP) is 2.36. The van der Waals surface area contributed by atoms with Gasteiger partial charge in [0.1, 0.15) is 11.8 Å². The van der Waals surface area contributed by atoms with Crippen molar-refractivity contribution in [2.24, 2.45) is 5.92 Å². The molecule has 0 spiro atoms. The molecular formula is C18H25NO5.